The Balaban J connectivity index is 1.65. The largest absolute Gasteiger partial charge is 0.350 e. The summed E-state index contributed by atoms with van der Waals surface area (Å²) in [5, 5.41) is 5.53. The van der Waals surface area contributed by atoms with E-state index in [1.807, 2.05) is 36.4 Å². The van der Waals surface area contributed by atoms with Gasteiger partial charge in [0, 0.05) is 18.9 Å². The standard InChI is InChI=1S/C22H22N4O3/c1-16(19-11-5-6-12-23-19)25-21(28)18-10-7-13-26(22(18)29)15-20(27)24-14-17-8-3-2-4-9-17/h2-13,16H,14-15H2,1H3,(H,24,27)(H,25,28)/t16-/m0/s1. The number of nitrogens with one attached hydrogen (secondary N) is 2. The minimum atomic E-state index is -0.520. The molecule has 2 heterocycles. The van der Waals surface area contributed by atoms with Crippen molar-refractivity contribution in [2.45, 2.75) is 26.1 Å². The molecule has 0 aliphatic heterocycles. The Morgan fingerprint density at radius 3 is 2.52 bits per heavy atom. The number of hydrogen-bond donors (Lipinski definition) is 2. The Labute approximate surface area is 168 Å². The lowest BCUT2D eigenvalue weighted by atomic mass is 10.2. The van der Waals surface area contributed by atoms with Crippen LogP contribution in [0.25, 0.3) is 0 Å². The van der Waals surface area contributed by atoms with Crippen molar-refractivity contribution in [1.29, 1.82) is 0 Å². The van der Waals surface area contributed by atoms with Crippen molar-refractivity contribution >= 4 is 11.8 Å². The Kier molecular flexibility index (Phi) is 6.52. The molecular weight excluding hydrogens is 368 g/mol. The second-order valence-corrected chi connectivity index (χ2v) is 6.57. The van der Waals surface area contributed by atoms with Crippen LogP contribution in [0.4, 0.5) is 0 Å². The molecule has 3 rings (SSSR count). The fourth-order valence-corrected chi connectivity index (χ4v) is 2.82. The molecule has 0 aliphatic carbocycles. The molecule has 7 heteroatoms. The SMILES string of the molecule is C[C@H](NC(=O)c1cccn(CC(=O)NCc2ccccc2)c1=O)c1ccccn1. The Morgan fingerprint density at radius 1 is 1.03 bits per heavy atom. The van der Waals surface area contributed by atoms with Gasteiger partial charge in [-0.3, -0.25) is 19.4 Å². The molecule has 0 spiro atoms. The van der Waals surface area contributed by atoms with Gasteiger partial charge in [0.15, 0.2) is 0 Å². The van der Waals surface area contributed by atoms with Crippen LogP contribution in [-0.4, -0.2) is 21.4 Å². The summed E-state index contributed by atoms with van der Waals surface area (Å²) in [4.78, 5) is 41.6. The van der Waals surface area contributed by atoms with Gasteiger partial charge in [0.1, 0.15) is 12.1 Å². The van der Waals surface area contributed by atoms with Crippen molar-refractivity contribution in [2.75, 3.05) is 0 Å². The van der Waals surface area contributed by atoms with E-state index in [1.54, 1.807) is 31.3 Å². The lowest BCUT2D eigenvalue weighted by Crippen LogP contribution is -2.37. The van der Waals surface area contributed by atoms with Crippen LogP contribution in [0.2, 0.25) is 0 Å². The highest BCUT2D eigenvalue weighted by Crippen LogP contribution is 2.08. The molecular formula is C22H22N4O3. The molecule has 0 saturated carbocycles. The molecule has 2 N–H and O–H groups in total. The number of carbonyl (C=O) groups excluding carboxylic acids is 2. The molecule has 29 heavy (non-hydrogen) atoms. The second-order valence-electron chi connectivity index (χ2n) is 6.57. The number of carbonyl (C=O) groups is 2. The summed E-state index contributed by atoms with van der Waals surface area (Å²) in [5.74, 6) is -0.817. The maximum Gasteiger partial charge on any atom is 0.263 e. The predicted octanol–water partition coefficient (Wildman–Crippen LogP) is 2.05. The summed E-state index contributed by atoms with van der Waals surface area (Å²) >= 11 is 0. The smallest absolute Gasteiger partial charge is 0.263 e. The van der Waals surface area contributed by atoms with Crippen molar-refractivity contribution in [1.82, 2.24) is 20.2 Å². The van der Waals surface area contributed by atoms with Crippen LogP contribution in [0.15, 0.2) is 77.9 Å². The Hall–Kier alpha value is -3.74. The Bertz CT molecular complexity index is 1030. The third-order valence-electron chi connectivity index (χ3n) is 4.39. The van der Waals surface area contributed by atoms with Gasteiger partial charge >= 0.3 is 0 Å². The molecule has 2 amide bonds. The molecule has 0 bridgehead atoms. The van der Waals surface area contributed by atoms with Gasteiger partial charge in [-0.2, -0.15) is 0 Å². The zero-order valence-corrected chi connectivity index (χ0v) is 16.0. The molecule has 1 aromatic carbocycles. The Morgan fingerprint density at radius 2 is 1.79 bits per heavy atom. The second kappa shape index (κ2) is 9.45. The van der Waals surface area contributed by atoms with Crippen LogP contribution in [-0.2, 0) is 17.9 Å². The number of hydrogen-bond acceptors (Lipinski definition) is 4. The number of aromatic nitrogens is 2. The molecule has 2 aromatic heterocycles. The molecule has 0 aliphatic rings. The van der Waals surface area contributed by atoms with E-state index < -0.39 is 11.5 Å². The molecule has 0 radical (unpaired) electrons. The summed E-state index contributed by atoms with van der Waals surface area (Å²) in [6, 6.07) is 17.6. The maximum atomic E-state index is 12.6. The molecule has 1 atom stereocenters. The quantitative estimate of drug-likeness (QED) is 0.646. The van der Waals surface area contributed by atoms with E-state index in [9.17, 15) is 14.4 Å². The normalized spacial score (nSPS) is 11.5. The average molecular weight is 390 g/mol. The van der Waals surface area contributed by atoms with Gasteiger partial charge in [-0.1, -0.05) is 36.4 Å². The lowest BCUT2D eigenvalue weighted by Gasteiger charge is -2.14. The van der Waals surface area contributed by atoms with Crippen molar-refractivity contribution in [3.8, 4) is 0 Å². The fraction of sp³-hybridized carbons (Fsp3) is 0.182. The van der Waals surface area contributed by atoms with Crippen LogP contribution in [0.5, 0.6) is 0 Å². The van der Waals surface area contributed by atoms with Crippen LogP contribution in [0.3, 0.4) is 0 Å². The minimum absolute atomic E-state index is 0.0221. The van der Waals surface area contributed by atoms with Gasteiger partial charge in [-0.05, 0) is 36.8 Å². The number of benzene rings is 1. The molecule has 0 saturated heterocycles. The van der Waals surface area contributed by atoms with Crippen LogP contribution in [0, 0.1) is 0 Å². The zero-order valence-electron chi connectivity index (χ0n) is 16.0. The summed E-state index contributed by atoms with van der Waals surface area (Å²) in [5.41, 5.74) is 1.11. The highest BCUT2D eigenvalue weighted by Gasteiger charge is 2.17. The van der Waals surface area contributed by atoms with Crippen LogP contribution in [0.1, 0.15) is 34.6 Å². The molecule has 3 aromatic rings. The van der Waals surface area contributed by atoms with E-state index in [0.717, 1.165) is 5.56 Å². The van der Waals surface area contributed by atoms with Crippen LogP contribution < -0.4 is 16.2 Å². The maximum absolute atomic E-state index is 12.6. The first kappa shape index (κ1) is 20.0. The van der Waals surface area contributed by atoms with Crippen molar-refractivity contribution < 1.29 is 9.59 Å². The van der Waals surface area contributed by atoms with Crippen LogP contribution >= 0.6 is 0 Å². The number of nitrogens with zero attached hydrogens (tertiary/aromatic N) is 2. The van der Waals surface area contributed by atoms with E-state index in [1.165, 1.54) is 16.8 Å². The van der Waals surface area contributed by atoms with E-state index in [0.29, 0.717) is 12.2 Å². The van der Waals surface area contributed by atoms with Gasteiger partial charge < -0.3 is 15.2 Å². The first-order chi connectivity index (χ1) is 14.0. The van der Waals surface area contributed by atoms with Gasteiger partial charge in [-0.15, -0.1) is 0 Å². The zero-order chi connectivity index (χ0) is 20.6. The van der Waals surface area contributed by atoms with E-state index in [-0.39, 0.29) is 24.1 Å². The van der Waals surface area contributed by atoms with Gasteiger partial charge in [0.05, 0.1) is 11.7 Å². The summed E-state index contributed by atoms with van der Waals surface area (Å²) in [6.07, 6.45) is 3.13. The first-order valence-corrected chi connectivity index (χ1v) is 9.26. The third kappa shape index (κ3) is 5.38. The highest BCUT2D eigenvalue weighted by atomic mass is 16.2. The number of amides is 2. The predicted molar refractivity (Wildman–Crippen MR) is 109 cm³/mol. The van der Waals surface area contributed by atoms with Gasteiger partial charge in [0.2, 0.25) is 5.91 Å². The minimum Gasteiger partial charge on any atom is -0.350 e. The molecule has 148 valence electrons. The molecule has 0 unspecified atom stereocenters. The summed E-state index contributed by atoms with van der Waals surface area (Å²) in [6.45, 7) is 2.00. The first-order valence-electron chi connectivity index (χ1n) is 9.26. The highest BCUT2D eigenvalue weighted by molar-refractivity contribution is 5.94. The topological polar surface area (TPSA) is 93.1 Å². The lowest BCUT2D eigenvalue weighted by molar-refractivity contribution is -0.121. The van der Waals surface area contributed by atoms with Gasteiger partial charge in [0.25, 0.3) is 11.5 Å². The molecule has 7 nitrogen and oxygen atoms in total. The monoisotopic (exact) mass is 390 g/mol. The van der Waals surface area contributed by atoms with Crippen molar-refractivity contribution in [3.63, 3.8) is 0 Å². The average Bonchev–Trinajstić information content (AvgIpc) is 2.75. The van der Waals surface area contributed by atoms with E-state index in [2.05, 4.69) is 15.6 Å². The van der Waals surface area contributed by atoms with Crippen molar-refractivity contribution in [3.05, 3.63) is 100 Å². The van der Waals surface area contributed by atoms with E-state index >= 15 is 0 Å². The third-order valence-corrected chi connectivity index (χ3v) is 4.39. The summed E-state index contributed by atoms with van der Waals surface area (Å²) in [7, 11) is 0. The number of pyridine rings is 2. The van der Waals surface area contributed by atoms with E-state index in [4.69, 9.17) is 0 Å². The van der Waals surface area contributed by atoms with Crippen molar-refractivity contribution in [2.24, 2.45) is 0 Å². The van der Waals surface area contributed by atoms with Gasteiger partial charge in [-0.25, -0.2) is 0 Å². The fourth-order valence-electron chi connectivity index (χ4n) is 2.82. The number of rotatable bonds is 7. The molecule has 0 fully saturated rings. The summed E-state index contributed by atoms with van der Waals surface area (Å²) < 4.78 is 1.22.